The zero-order valence-corrected chi connectivity index (χ0v) is 14.2. The number of hydrogen-bond donors (Lipinski definition) is 1. The van der Waals surface area contributed by atoms with Crippen molar-refractivity contribution in [3.63, 3.8) is 0 Å². The molecule has 3 heteroatoms. The SMILES string of the molecule is Cc1nn(C(C)C)c(C)c1NC1CCC2CCCCC2C1. The Hall–Kier alpha value is -0.990. The molecule has 0 spiro atoms. The molecule has 0 aromatic carbocycles. The number of anilines is 1. The Labute approximate surface area is 129 Å². The Kier molecular flexibility index (Phi) is 4.28. The number of fused-ring (bicyclic) bond motifs is 1. The predicted molar refractivity (Wildman–Crippen MR) is 88.8 cm³/mol. The number of aryl methyl sites for hydroxylation is 1. The molecule has 0 bridgehead atoms. The van der Waals surface area contributed by atoms with Crippen LogP contribution >= 0.6 is 0 Å². The van der Waals surface area contributed by atoms with Crippen LogP contribution < -0.4 is 5.32 Å². The molecule has 3 nitrogen and oxygen atoms in total. The van der Waals surface area contributed by atoms with Gasteiger partial charge in [0.25, 0.3) is 0 Å². The minimum Gasteiger partial charge on any atom is -0.379 e. The monoisotopic (exact) mass is 289 g/mol. The van der Waals surface area contributed by atoms with Gasteiger partial charge in [-0.2, -0.15) is 5.10 Å². The van der Waals surface area contributed by atoms with Crippen LogP contribution in [-0.4, -0.2) is 15.8 Å². The molecule has 3 unspecified atom stereocenters. The average Bonchev–Trinajstić information content (AvgIpc) is 2.75. The third-order valence-corrected chi connectivity index (χ3v) is 5.70. The first kappa shape index (κ1) is 14.9. The summed E-state index contributed by atoms with van der Waals surface area (Å²) in [7, 11) is 0. The highest BCUT2D eigenvalue weighted by molar-refractivity contribution is 5.53. The maximum absolute atomic E-state index is 4.71. The minimum atomic E-state index is 0.438. The molecule has 1 aromatic heterocycles. The summed E-state index contributed by atoms with van der Waals surface area (Å²) >= 11 is 0. The van der Waals surface area contributed by atoms with Crippen molar-refractivity contribution in [2.75, 3.05) is 5.32 Å². The molecule has 2 fully saturated rings. The lowest BCUT2D eigenvalue weighted by Crippen LogP contribution is -2.34. The molecule has 21 heavy (non-hydrogen) atoms. The summed E-state index contributed by atoms with van der Waals surface area (Å²) in [6, 6.07) is 1.10. The van der Waals surface area contributed by atoms with Gasteiger partial charge in [-0.1, -0.05) is 25.7 Å². The van der Waals surface area contributed by atoms with E-state index in [0.717, 1.165) is 17.5 Å². The number of hydrogen-bond acceptors (Lipinski definition) is 2. The zero-order valence-electron chi connectivity index (χ0n) is 14.2. The van der Waals surface area contributed by atoms with E-state index in [2.05, 4.69) is 37.7 Å². The largest absolute Gasteiger partial charge is 0.379 e. The van der Waals surface area contributed by atoms with E-state index in [0.29, 0.717) is 12.1 Å². The fourth-order valence-corrected chi connectivity index (χ4v) is 4.58. The quantitative estimate of drug-likeness (QED) is 0.862. The van der Waals surface area contributed by atoms with Gasteiger partial charge in [-0.3, -0.25) is 4.68 Å². The van der Waals surface area contributed by atoms with Gasteiger partial charge in [-0.25, -0.2) is 0 Å². The van der Waals surface area contributed by atoms with Gasteiger partial charge in [0.2, 0.25) is 0 Å². The van der Waals surface area contributed by atoms with Crippen LogP contribution in [0.4, 0.5) is 5.69 Å². The first-order chi connectivity index (χ1) is 10.1. The van der Waals surface area contributed by atoms with Gasteiger partial charge < -0.3 is 5.32 Å². The summed E-state index contributed by atoms with van der Waals surface area (Å²) in [6.07, 6.45) is 10.0. The highest BCUT2D eigenvalue weighted by atomic mass is 15.3. The van der Waals surface area contributed by atoms with Crippen LogP contribution in [0, 0.1) is 25.7 Å². The first-order valence-corrected chi connectivity index (χ1v) is 8.88. The molecule has 1 heterocycles. The lowest BCUT2D eigenvalue weighted by atomic mass is 9.69. The summed E-state index contributed by atoms with van der Waals surface area (Å²) in [5, 5.41) is 8.55. The lowest BCUT2D eigenvalue weighted by molar-refractivity contribution is 0.162. The summed E-state index contributed by atoms with van der Waals surface area (Å²) in [5.41, 5.74) is 3.75. The number of aromatic nitrogens is 2. The van der Waals surface area contributed by atoms with Crippen LogP contribution in [0.5, 0.6) is 0 Å². The Morgan fingerprint density at radius 2 is 1.76 bits per heavy atom. The number of rotatable bonds is 3. The molecule has 2 aliphatic carbocycles. The third kappa shape index (κ3) is 2.97. The van der Waals surface area contributed by atoms with E-state index >= 15 is 0 Å². The molecule has 118 valence electrons. The average molecular weight is 289 g/mol. The Morgan fingerprint density at radius 3 is 2.43 bits per heavy atom. The molecule has 1 aromatic rings. The van der Waals surface area contributed by atoms with E-state index in [1.165, 1.54) is 56.3 Å². The van der Waals surface area contributed by atoms with Gasteiger partial charge >= 0.3 is 0 Å². The highest BCUT2D eigenvalue weighted by Crippen LogP contribution is 2.41. The topological polar surface area (TPSA) is 29.9 Å². The molecular formula is C18H31N3. The van der Waals surface area contributed by atoms with Gasteiger partial charge in [0.05, 0.1) is 17.1 Å². The van der Waals surface area contributed by atoms with E-state index < -0.39 is 0 Å². The van der Waals surface area contributed by atoms with Crippen LogP contribution in [0.1, 0.15) is 76.2 Å². The Bertz CT molecular complexity index is 489. The third-order valence-electron chi connectivity index (χ3n) is 5.70. The predicted octanol–water partition coefficient (Wildman–Crippen LogP) is 4.85. The second kappa shape index (κ2) is 6.02. The normalized spacial score (nSPS) is 29.5. The van der Waals surface area contributed by atoms with Crippen molar-refractivity contribution in [2.45, 2.75) is 84.7 Å². The summed E-state index contributed by atoms with van der Waals surface area (Å²) < 4.78 is 2.16. The van der Waals surface area contributed by atoms with Gasteiger partial charge in [-0.15, -0.1) is 0 Å². The smallest absolute Gasteiger partial charge is 0.0828 e. The fourth-order valence-electron chi connectivity index (χ4n) is 4.58. The zero-order chi connectivity index (χ0) is 15.0. The van der Waals surface area contributed by atoms with Crippen LogP contribution in [0.3, 0.4) is 0 Å². The van der Waals surface area contributed by atoms with Crippen LogP contribution in [-0.2, 0) is 0 Å². The molecule has 3 atom stereocenters. The molecule has 2 saturated carbocycles. The van der Waals surface area contributed by atoms with Gasteiger partial charge in [0, 0.05) is 12.1 Å². The van der Waals surface area contributed by atoms with Crippen molar-refractivity contribution in [1.82, 2.24) is 9.78 Å². The van der Waals surface area contributed by atoms with E-state index in [1.54, 1.807) is 0 Å². The van der Waals surface area contributed by atoms with Crippen molar-refractivity contribution in [1.29, 1.82) is 0 Å². The van der Waals surface area contributed by atoms with E-state index in [4.69, 9.17) is 5.10 Å². The second-order valence-corrected chi connectivity index (χ2v) is 7.54. The fraction of sp³-hybridized carbons (Fsp3) is 0.833. The minimum absolute atomic E-state index is 0.438. The molecule has 3 rings (SSSR count). The van der Waals surface area contributed by atoms with Crippen LogP contribution in [0.15, 0.2) is 0 Å². The van der Waals surface area contributed by atoms with Crippen LogP contribution in [0.25, 0.3) is 0 Å². The summed E-state index contributed by atoms with van der Waals surface area (Å²) in [4.78, 5) is 0. The molecule has 2 aliphatic rings. The van der Waals surface area contributed by atoms with Gasteiger partial charge in [0.1, 0.15) is 0 Å². The molecule has 0 radical (unpaired) electrons. The molecule has 1 N–H and O–H groups in total. The molecule has 0 saturated heterocycles. The number of nitrogens with one attached hydrogen (secondary N) is 1. The Morgan fingerprint density at radius 1 is 1.05 bits per heavy atom. The van der Waals surface area contributed by atoms with Crippen molar-refractivity contribution in [2.24, 2.45) is 11.8 Å². The molecular weight excluding hydrogens is 258 g/mol. The second-order valence-electron chi connectivity index (χ2n) is 7.54. The van der Waals surface area contributed by atoms with Crippen molar-refractivity contribution < 1.29 is 0 Å². The van der Waals surface area contributed by atoms with E-state index in [9.17, 15) is 0 Å². The van der Waals surface area contributed by atoms with Crippen LogP contribution in [0.2, 0.25) is 0 Å². The van der Waals surface area contributed by atoms with E-state index in [1.807, 2.05) is 0 Å². The molecule has 0 amide bonds. The maximum Gasteiger partial charge on any atom is 0.0828 e. The lowest BCUT2D eigenvalue weighted by Gasteiger charge is -2.39. The summed E-state index contributed by atoms with van der Waals surface area (Å²) in [5.74, 6) is 2.00. The standard InChI is InChI=1S/C18H31N3/c1-12(2)21-14(4)18(13(3)20-21)19-17-10-9-15-7-5-6-8-16(15)11-17/h12,15-17,19H,5-11H2,1-4H3. The van der Waals surface area contributed by atoms with Crippen molar-refractivity contribution >= 4 is 5.69 Å². The van der Waals surface area contributed by atoms with E-state index in [-0.39, 0.29) is 0 Å². The van der Waals surface area contributed by atoms with Gasteiger partial charge in [0.15, 0.2) is 0 Å². The number of nitrogens with zero attached hydrogens (tertiary/aromatic N) is 2. The maximum atomic E-state index is 4.71. The summed E-state index contributed by atoms with van der Waals surface area (Å²) in [6.45, 7) is 8.75. The first-order valence-electron chi connectivity index (χ1n) is 8.88. The van der Waals surface area contributed by atoms with Crippen molar-refractivity contribution in [3.05, 3.63) is 11.4 Å². The Balaban J connectivity index is 1.69. The highest BCUT2D eigenvalue weighted by Gasteiger charge is 2.32. The molecule has 0 aliphatic heterocycles. The van der Waals surface area contributed by atoms with Crippen molar-refractivity contribution in [3.8, 4) is 0 Å². The van der Waals surface area contributed by atoms with Gasteiger partial charge in [-0.05, 0) is 58.8 Å².